The molecule has 0 aliphatic heterocycles. The molecule has 0 nitrogen and oxygen atoms in total. The van der Waals surface area contributed by atoms with Crippen molar-refractivity contribution < 1.29 is 0 Å². The van der Waals surface area contributed by atoms with E-state index in [0.29, 0.717) is 0 Å². The first kappa shape index (κ1) is 15.0. The summed E-state index contributed by atoms with van der Waals surface area (Å²) in [6, 6.07) is 8.94. The molecule has 0 bridgehead atoms. The zero-order valence-electron chi connectivity index (χ0n) is 12.5. The number of benzene rings is 1. The summed E-state index contributed by atoms with van der Waals surface area (Å²) in [5.41, 5.74) is 2.98. The third-order valence-electron chi connectivity index (χ3n) is 3.31. The van der Waals surface area contributed by atoms with Crippen LogP contribution in [0.1, 0.15) is 70.9 Å². The van der Waals surface area contributed by atoms with Crippen molar-refractivity contribution in [3.8, 4) is 0 Å². The van der Waals surface area contributed by atoms with Crippen LogP contribution in [0.15, 0.2) is 30.3 Å². The number of hydrogen-bond donors (Lipinski definition) is 0. The van der Waals surface area contributed by atoms with Gasteiger partial charge in [-0.15, -0.1) is 0 Å². The molecule has 0 aromatic heterocycles. The number of allylic oxidation sites excluding steroid dienone is 1. The van der Waals surface area contributed by atoms with Crippen LogP contribution >= 0.6 is 0 Å². The minimum Gasteiger partial charge on any atom is -0.0839 e. The Hall–Kier alpha value is -1.04. The quantitative estimate of drug-likeness (QED) is 0.541. The minimum atomic E-state index is 0.252. The molecule has 0 aliphatic carbocycles. The van der Waals surface area contributed by atoms with Gasteiger partial charge in [-0.3, -0.25) is 0 Å². The molecule has 1 aromatic carbocycles. The van der Waals surface area contributed by atoms with Crippen molar-refractivity contribution in [2.45, 2.75) is 65.2 Å². The maximum Gasteiger partial charge on any atom is -0.0132 e. The molecule has 0 heteroatoms. The molecule has 1 aromatic rings. The molecule has 100 valence electrons. The molecular formula is C18H28. The average Bonchev–Trinajstić information content (AvgIpc) is 2.33. The lowest BCUT2D eigenvalue weighted by Gasteiger charge is -2.18. The van der Waals surface area contributed by atoms with Gasteiger partial charge >= 0.3 is 0 Å². The summed E-state index contributed by atoms with van der Waals surface area (Å²) >= 11 is 0. The summed E-state index contributed by atoms with van der Waals surface area (Å²) in [5.74, 6) is 0. The van der Waals surface area contributed by atoms with Crippen LogP contribution in [0.3, 0.4) is 0 Å². The summed E-state index contributed by atoms with van der Waals surface area (Å²) in [6.07, 6.45) is 11.1. The Morgan fingerprint density at radius 2 is 1.61 bits per heavy atom. The van der Waals surface area contributed by atoms with Gasteiger partial charge in [-0.05, 0) is 29.4 Å². The molecule has 18 heavy (non-hydrogen) atoms. The molecule has 0 fully saturated rings. The van der Waals surface area contributed by atoms with Gasteiger partial charge < -0.3 is 0 Å². The van der Waals surface area contributed by atoms with Gasteiger partial charge in [-0.25, -0.2) is 0 Å². The highest BCUT2D eigenvalue weighted by molar-refractivity contribution is 5.50. The van der Waals surface area contributed by atoms with E-state index in [1.807, 2.05) is 0 Å². The minimum absolute atomic E-state index is 0.252. The molecule has 0 unspecified atom stereocenters. The van der Waals surface area contributed by atoms with Gasteiger partial charge in [0, 0.05) is 0 Å². The van der Waals surface area contributed by atoms with E-state index in [0.717, 1.165) is 0 Å². The molecule has 0 amide bonds. The first-order chi connectivity index (χ1) is 8.54. The highest BCUT2D eigenvalue weighted by Crippen LogP contribution is 2.22. The van der Waals surface area contributed by atoms with Crippen molar-refractivity contribution in [2.24, 2.45) is 0 Å². The van der Waals surface area contributed by atoms with E-state index >= 15 is 0 Å². The van der Waals surface area contributed by atoms with Gasteiger partial charge in [0.05, 0.1) is 0 Å². The van der Waals surface area contributed by atoms with Crippen LogP contribution < -0.4 is 0 Å². The van der Waals surface area contributed by atoms with Crippen molar-refractivity contribution in [3.05, 3.63) is 41.5 Å². The van der Waals surface area contributed by atoms with Gasteiger partial charge in [-0.1, -0.05) is 83.4 Å². The maximum absolute atomic E-state index is 2.31. The second-order valence-electron chi connectivity index (χ2n) is 6.12. The Labute approximate surface area is 113 Å². The SMILES string of the molecule is CCCCCC/C=C/c1ccc(C(C)(C)C)cc1. The molecule has 0 heterocycles. The Morgan fingerprint density at radius 3 is 2.17 bits per heavy atom. The van der Waals surface area contributed by atoms with Crippen molar-refractivity contribution in [3.63, 3.8) is 0 Å². The molecule has 0 saturated carbocycles. The van der Waals surface area contributed by atoms with Gasteiger partial charge in [0.1, 0.15) is 0 Å². The molecule has 0 spiro atoms. The largest absolute Gasteiger partial charge is 0.0839 e. The zero-order chi connectivity index (χ0) is 13.4. The Bertz CT molecular complexity index is 349. The van der Waals surface area contributed by atoms with E-state index in [1.54, 1.807) is 0 Å². The average molecular weight is 244 g/mol. The number of hydrogen-bond acceptors (Lipinski definition) is 0. The molecule has 0 aliphatic rings. The second-order valence-corrected chi connectivity index (χ2v) is 6.12. The van der Waals surface area contributed by atoms with Crippen molar-refractivity contribution in [1.29, 1.82) is 0 Å². The third-order valence-corrected chi connectivity index (χ3v) is 3.31. The van der Waals surface area contributed by atoms with Gasteiger partial charge in [0.15, 0.2) is 0 Å². The fourth-order valence-corrected chi connectivity index (χ4v) is 2.00. The van der Waals surface area contributed by atoms with Crippen LogP contribution in [0.2, 0.25) is 0 Å². The van der Waals surface area contributed by atoms with Gasteiger partial charge in [0.25, 0.3) is 0 Å². The normalized spacial score (nSPS) is 12.2. The summed E-state index contributed by atoms with van der Waals surface area (Å²) in [5, 5.41) is 0. The van der Waals surface area contributed by atoms with E-state index in [9.17, 15) is 0 Å². The summed E-state index contributed by atoms with van der Waals surface area (Å²) in [7, 11) is 0. The zero-order valence-corrected chi connectivity index (χ0v) is 12.5. The predicted octanol–water partition coefficient (Wildman–Crippen LogP) is 5.97. The molecule has 0 radical (unpaired) electrons. The fraction of sp³-hybridized carbons (Fsp3) is 0.556. The number of unbranched alkanes of at least 4 members (excludes halogenated alkanes) is 4. The fourth-order valence-electron chi connectivity index (χ4n) is 2.00. The van der Waals surface area contributed by atoms with E-state index in [4.69, 9.17) is 0 Å². The molecular weight excluding hydrogens is 216 g/mol. The topological polar surface area (TPSA) is 0 Å². The Balaban J connectivity index is 2.41. The van der Waals surface area contributed by atoms with Crippen LogP contribution in [0.5, 0.6) is 0 Å². The van der Waals surface area contributed by atoms with Gasteiger partial charge in [0.2, 0.25) is 0 Å². The van der Waals surface area contributed by atoms with Crippen molar-refractivity contribution >= 4 is 6.08 Å². The van der Waals surface area contributed by atoms with E-state index < -0.39 is 0 Å². The molecule has 0 atom stereocenters. The first-order valence-electron chi connectivity index (χ1n) is 7.31. The third kappa shape index (κ3) is 5.53. The van der Waals surface area contributed by atoms with Crippen molar-refractivity contribution in [2.75, 3.05) is 0 Å². The second kappa shape index (κ2) is 7.41. The van der Waals surface area contributed by atoms with Gasteiger partial charge in [-0.2, -0.15) is 0 Å². The Kier molecular flexibility index (Phi) is 6.18. The highest BCUT2D eigenvalue weighted by Gasteiger charge is 2.12. The predicted molar refractivity (Wildman–Crippen MR) is 82.9 cm³/mol. The van der Waals surface area contributed by atoms with Crippen LogP contribution in [0.25, 0.3) is 6.08 Å². The lowest BCUT2D eigenvalue weighted by atomic mass is 9.87. The molecule has 0 N–H and O–H groups in total. The molecule has 1 rings (SSSR count). The summed E-state index contributed by atoms with van der Waals surface area (Å²) in [4.78, 5) is 0. The monoisotopic (exact) mass is 244 g/mol. The molecule has 0 saturated heterocycles. The van der Waals surface area contributed by atoms with Crippen LogP contribution in [0, 0.1) is 0 Å². The summed E-state index contributed by atoms with van der Waals surface area (Å²) < 4.78 is 0. The first-order valence-corrected chi connectivity index (χ1v) is 7.31. The van der Waals surface area contributed by atoms with Crippen LogP contribution in [0.4, 0.5) is 0 Å². The standard InChI is InChI=1S/C18H28/c1-5-6-7-8-9-10-11-16-12-14-17(15-13-16)18(2,3)4/h10-15H,5-9H2,1-4H3/b11-10+. The number of rotatable bonds is 6. The van der Waals surface area contributed by atoms with E-state index in [-0.39, 0.29) is 5.41 Å². The van der Waals surface area contributed by atoms with E-state index in [2.05, 4.69) is 64.1 Å². The van der Waals surface area contributed by atoms with E-state index in [1.165, 1.54) is 43.2 Å². The lowest BCUT2D eigenvalue weighted by molar-refractivity contribution is 0.590. The van der Waals surface area contributed by atoms with Crippen molar-refractivity contribution in [1.82, 2.24) is 0 Å². The maximum atomic E-state index is 2.31. The van der Waals surface area contributed by atoms with Crippen LogP contribution in [-0.2, 0) is 5.41 Å². The lowest BCUT2D eigenvalue weighted by Crippen LogP contribution is -2.10. The highest BCUT2D eigenvalue weighted by atomic mass is 14.2. The van der Waals surface area contributed by atoms with Crippen LogP contribution in [-0.4, -0.2) is 0 Å². The smallest absolute Gasteiger partial charge is 0.0132 e. The Morgan fingerprint density at radius 1 is 0.944 bits per heavy atom. The summed E-state index contributed by atoms with van der Waals surface area (Å²) in [6.45, 7) is 9.02.